The molecular weight excluding hydrogens is 262 g/mol. The summed E-state index contributed by atoms with van der Waals surface area (Å²) in [5.41, 5.74) is 2.46. The van der Waals surface area contributed by atoms with Crippen molar-refractivity contribution < 1.29 is 9.84 Å². The quantitative estimate of drug-likeness (QED) is 0.838. The molecule has 0 spiro atoms. The molecule has 0 radical (unpaired) electrons. The summed E-state index contributed by atoms with van der Waals surface area (Å²) in [4.78, 5) is 2.35. The molecule has 0 amide bonds. The van der Waals surface area contributed by atoms with E-state index in [4.69, 9.17) is 4.74 Å². The maximum atomic E-state index is 10.5. The molecule has 1 aromatic carbocycles. The van der Waals surface area contributed by atoms with Crippen molar-refractivity contribution in [1.29, 1.82) is 0 Å². The summed E-state index contributed by atoms with van der Waals surface area (Å²) in [5.74, 6) is 0. The van der Waals surface area contributed by atoms with Crippen molar-refractivity contribution >= 4 is 0 Å². The van der Waals surface area contributed by atoms with Crippen LogP contribution in [-0.4, -0.2) is 42.9 Å². The highest BCUT2D eigenvalue weighted by Crippen LogP contribution is 2.29. The van der Waals surface area contributed by atoms with Gasteiger partial charge in [0, 0.05) is 26.2 Å². The molecule has 1 aromatic rings. The number of ether oxygens (including phenoxy) is 1. The van der Waals surface area contributed by atoms with Gasteiger partial charge >= 0.3 is 0 Å². The number of nitrogens with zero attached hydrogens (tertiary/aromatic N) is 1. The third kappa shape index (κ3) is 4.80. The number of methoxy groups -OCH3 is 1. The standard InChI is InChI=1S/C18H29NO2/c1-18(2,3)15-7-5-14(6-8-15)17(20)13-19(11-12-21-4)16-9-10-16/h5-8,16-17,20H,9-13H2,1-4H3. The minimum Gasteiger partial charge on any atom is -0.387 e. The first-order chi connectivity index (χ1) is 9.91. The van der Waals surface area contributed by atoms with Crippen molar-refractivity contribution in [3.63, 3.8) is 0 Å². The molecule has 21 heavy (non-hydrogen) atoms. The Morgan fingerprint density at radius 1 is 1.24 bits per heavy atom. The van der Waals surface area contributed by atoms with Crippen LogP contribution in [0, 0.1) is 0 Å². The Morgan fingerprint density at radius 3 is 2.33 bits per heavy atom. The van der Waals surface area contributed by atoms with Crippen LogP contribution in [-0.2, 0) is 10.2 Å². The van der Waals surface area contributed by atoms with Crippen molar-refractivity contribution in [2.75, 3.05) is 26.8 Å². The van der Waals surface area contributed by atoms with E-state index in [1.165, 1.54) is 18.4 Å². The molecule has 1 aliphatic rings. The van der Waals surface area contributed by atoms with Crippen LogP contribution in [0.25, 0.3) is 0 Å². The average Bonchev–Trinajstić information content (AvgIpc) is 3.27. The molecule has 1 atom stereocenters. The second-order valence-electron chi connectivity index (χ2n) is 7.11. The predicted octanol–water partition coefficient (Wildman–Crippen LogP) is 3.13. The number of aliphatic hydroxyl groups is 1. The molecule has 3 nitrogen and oxygen atoms in total. The van der Waals surface area contributed by atoms with E-state index in [2.05, 4.69) is 49.9 Å². The van der Waals surface area contributed by atoms with Crippen LogP contribution in [0.3, 0.4) is 0 Å². The van der Waals surface area contributed by atoms with Gasteiger partial charge < -0.3 is 9.84 Å². The SMILES string of the molecule is COCCN(CC(O)c1ccc(C(C)(C)C)cc1)C1CC1. The molecule has 1 aliphatic carbocycles. The number of hydrogen-bond donors (Lipinski definition) is 1. The van der Waals surface area contributed by atoms with Gasteiger partial charge in [0.1, 0.15) is 0 Å². The van der Waals surface area contributed by atoms with Gasteiger partial charge in [-0.15, -0.1) is 0 Å². The predicted molar refractivity (Wildman–Crippen MR) is 86.6 cm³/mol. The lowest BCUT2D eigenvalue weighted by Gasteiger charge is -2.25. The van der Waals surface area contributed by atoms with E-state index >= 15 is 0 Å². The lowest BCUT2D eigenvalue weighted by Crippen LogP contribution is -2.33. The first-order valence-electron chi connectivity index (χ1n) is 7.93. The zero-order valence-corrected chi connectivity index (χ0v) is 13.8. The molecule has 2 rings (SSSR count). The fourth-order valence-electron chi connectivity index (χ4n) is 2.60. The Bertz CT molecular complexity index is 432. The monoisotopic (exact) mass is 291 g/mol. The van der Waals surface area contributed by atoms with Gasteiger partial charge in [-0.25, -0.2) is 0 Å². The molecule has 0 aromatic heterocycles. The summed E-state index contributed by atoms with van der Waals surface area (Å²) in [6.45, 7) is 8.95. The average molecular weight is 291 g/mol. The van der Waals surface area contributed by atoms with E-state index in [9.17, 15) is 5.11 Å². The summed E-state index contributed by atoms with van der Waals surface area (Å²) in [6.07, 6.45) is 2.08. The summed E-state index contributed by atoms with van der Waals surface area (Å²) >= 11 is 0. The molecule has 0 bridgehead atoms. The molecule has 1 unspecified atom stereocenters. The van der Waals surface area contributed by atoms with E-state index < -0.39 is 6.10 Å². The van der Waals surface area contributed by atoms with Crippen molar-refractivity contribution in [1.82, 2.24) is 4.90 Å². The van der Waals surface area contributed by atoms with Crippen LogP contribution in [0.1, 0.15) is 50.8 Å². The number of benzene rings is 1. The van der Waals surface area contributed by atoms with Gasteiger partial charge in [0.25, 0.3) is 0 Å². The van der Waals surface area contributed by atoms with Crippen LogP contribution in [0.5, 0.6) is 0 Å². The molecule has 0 heterocycles. The van der Waals surface area contributed by atoms with Crippen LogP contribution in [0.2, 0.25) is 0 Å². The fraction of sp³-hybridized carbons (Fsp3) is 0.667. The highest BCUT2D eigenvalue weighted by molar-refractivity contribution is 5.28. The number of hydrogen-bond acceptors (Lipinski definition) is 3. The lowest BCUT2D eigenvalue weighted by molar-refractivity contribution is 0.0846. The number of aliphatic hydroxyl groups excluding tert-OH is 1. The topological polar surface area (TPSA) is 32.7 Å². The molecular formula is C18H29NO2. The molecule has 1 saturated carbocycles. The minimum absolute atomic E-state index is 0.155. The lowest BCUT2D eigenvalue weighted by atomic mass is 9.86. The molecule has 0 aliphatic heterocycles. The van der Waals surface area contributed by atoms with E-state index in [1.54, 1.807) is 7.11 Å². The van der Waals surface area contributed by atoms with Crippen LogP contribution < -0.4 is 0 Å². The number of rotatable bonds is 7. The van der Waals surface area contributed by atoms with Gasteiger partial charge in [0.05, 0.1) is 12.7 Å². The normalized spacial score (nSPS) is 17.2. The van der Waals surface area contributed by atoms with Gasteiger partial charge in [0.2, 0.25) is 0 Å². The van der Waals surface area contributed by atoms with Crippen LogP contribution in [0.15, 0.2) is 24.3 Å². The first-order valence-corrected chi connectivity index (χ1v) is 7.93. The van der Waals surface area contributed by atoms with E-state index in [-0.39, 0.29) is 5.41 Å². The highest BCUT2D eigenvalue weighted by atomic mass is 16.5. The third-order valence-electron chi connectivity index (χ3n) is 4.21. The van der Waals surface area contributed by atoms with E-state index in [0.717, 1.165) is 18.7 Å². The highest BCUT2D eigenvalue weighted by Gasteiger charge is 2.30. The smallest absolute Gasteiger partial charge is 0.0917 e. The van der Waals surface area contributed by atoms with Crippen LogP contribution in [0.4, 0.5) is 0 Å². The Balaban J connectivity index is 1.96. The minimum atomic E-state index is -0.420. The van der Waals surface area contributed by atoms with E-state index in [1.807, 2.05) is 0 Å². The van der Waals surface area contributed by atoms with Crippen molar-refractivity contribution in [2.45, 2.75) is 51.2 Å². The Hall–Kier alpha value is -0.900. The summed E-state index contributed by atoms with van der Waals surface area (Å²) < 4.78 is 5.17. The molecule has 0 saturated heterocycles. The largest absolute Gasteiger partial charge is 0.387 e. The van der Waals surface area contributed by atoms with Gasteiger partial charge in [-0.1, -0.05) is 45.0 Å². The summed E-state index contributed by atoms with van der Waals surface area (Å²) in [5, 5.41) is 10.5. The molecule has 3 heteroatoms. The van der Waals surface area contributed by atoms with Gasteiger partial charge in [-0.05, 0) is 29.4 Å². The summed E-state index contributed by atoms with van der Waals surface area (Å²) in [6, 6.07) is 9.03. The van der Waals surface area contributed by atoms with Crippen LogP contribution >= 0.6 is 0 Å². The molecule has 118 valence electrons. The van der Waals surface area contributed by atoms with Crippen molar-refractivity contribution in [3.8, 4) is 0 Å². The maximum absolute atomic E-state index is 10.5. The zero-order valence-electron chi connectivity index (χ0n) is 13.8. The van der Waals surface area contributed by atoms with Gasteiger partial charge in [0.15, 0.2) is 0 Å². The van der Waals surface area contributed by atoms with Gasteiger partial charge in [-0.2, -0.15) is 0 Å². The van der Waals surface area contributed by atoms with Crippen molar-refractivity contribution in [3.05, 3.63) is 35.4 Å². The Kier molecular flexibility index (Phi) is 5.42. The summed E-state index contributed by atoms with van der Waals surface area (Å²) in [7, 11) is 1.73. The second kappa shape index (κ2) is 6.91. The molecule has 1 fully saturated rings. The first kappa shape index (κ1) is 16.5. The maximum Gasteiger partial charge on any atom is 0.0917 e. The third-order valence-corrected chi connectivity index (χ3v) is 4.21. The van der Waals surface area contributed by atoms with Crippen molar-refractivity contribution in [2.24, 2.45) is 0 Å². The fourth-order valence-corrected chi connectivity index (χ4v) is 2.60. The zero-order chi connectivity index (χ0) is 15.5. The Morgan fingerprint density at radius 2 is 1.86 bits per heavy atom. The molecule has 1 N–H and O–H groups in total. The Labute approximate surface area is 128 Å². The van der Waals surface area contributed by atoms with E-state index in [0.29, 0.717) is 12.6 Å². The van der Waals surface area contributed by atoms with Gasteiger partial charge in [-0.3, -0.25) is 4.90 Å². The second-order valence-corrected chi connectivity index (χ2v) is 7.11.